The number of ether oxygens (including phenoxy) is 1. The molecule has 0 heterocycles. The largest absolute Gasteiger partial charge is 0.483 e. The minimum absolute atomic E-state index is 0.0666. The van der Waals surface area contributed by atoms with Crippen molar-refractivity contribution in [3.63, 3.8) is 0 Å². The van der Waals surface area contributed by atoms with Crippen LogP contribution >= 0.6 is 0 Å². The third kappa shape index (κ3) is 4.32. The van der Waals surface area contributed by atoms with Crippen molar-refractivity contribution < 1.29 is 14.3 Å². The Balaban J connectivity index is 1.93. The molecule has 5 heteroatoms. The second-order valence-corrected chi connectivity index (χ2v) is 5.21. The van der Waals surface area contributed by atoms with Crippen LogP contribution in [0.4, 0.5) is 5.69 Å². The molecule has 0 atom stereocenters. The monoisotopic (exact) mass is 312 g/mol. The van der Waals surface area contributed by atoms with Gasteiger partial charge >= 0.3 is 0 Å². The quantitative estimate of drug-likeness (QED) is 0.892. The number of hydrogen-bond donors (Lipinski definition) is 2. The van der Waals surface area contributed by atoms with Gasteiger partial charge in [-0.2, -0.15) is 0 Å². The van der Waals surface area contributed by atoms with Crippen LogP contribution in [0.15, 0.2) is 42.5 Å². The molecular weight excluding hydrogens is 292 g/mol. The molecule has 2 amide bonds. The fourth-order valence-corrected chi connectivity index (χ4v) is 2.21. The van der Waals surface area contributed by atoms with Crippen molar-refractivity contribution >= 4 is 17.5 Å². The van der Waals surface area contributed by atoms with E-state index in [1.165, 1.54) is 0 Å². The summed E-state index contributed by atoms with van der Waals surface area (Å²) >= 11 is 0. The van der Waals surface area contributed by atoms with Gasteiger partial charge in [0.15, 0.2) is 6.61 Å². The molecule has 0 spiro atoms. The summed E-state index contributed by atoms with van der Waals surface area (Å²) in [6, 6.07) is 12.5. The first-order chi connectivity index (χ1) is 11.0. The van der Waals surface area contributed by atoms with E-state index in [0.29, 0.717) is 11.3 Å². The summed E-state index contributed by atoms with van der Waals surface area (Å²) < 4.78 is 5.60. The predicted molar refractivity (Wildman–Crippen MR) is 89.9 cm³/mol. The van der Waals surface area contributed by atoms with E-state index in [-0.39, 0.29) is 18.4 Å². The first-order valence-corrected chi connectivity index (χ1v) is 7.32. The normalized spacial score (nSPS) is 10.0. The number of rotatable bonds is 5. The average molecular weight is 312 g/mol. The zero-order valence-corrected chi connectivity index (χ0v) is 13.5. The molecule has 0 aliphatic heterocycles. The summed E-state index contributed by atoms with van der Waals surface area (Å²) in [4.78, 5) is 23.4. The molecule has 2 N–H and O–H groups in total. The number of carbonyl (C=O) groups excluding carboxylic acids is 2. The molecule has 2 aromatic carbocycles. The Labute approximate surface area is 135 Å². The average Bonchev–Trinajstić information content (AvgIpc) is 2.54. The highest BCUT2D eigenvalue weighted by molar-refractivity contribution is 5.95. The van der Waals surface area contributed by atoms with Crippen molar-refractivity contribution in [2.75, 3.05) is 19.0 Å². The third-order valence-electron chi connectivity index (χ3n) is 3.41. The lowest BCUT2D eigenvalue weighted by Gasteiger charge is -2.12. The maximum Gasteiger partial charge on any atom is 0.262 e. The van der Waals surface area contributed by atoms with Crippen molar-refractivity contribution in [1.29, 1.82) is 0 Å². The standard InChI is InChI=1S/C18H20N2O3/c1-12-5-4-6-13(2)17(12)23-11-16(21)20-15-9-7-14(8-10-15)18(22)19-3/h4-10H,11H2,1-3H3,(H,19,22)(H,20,21). The molecule has 120 valence electrons. The van der Waals surface area contributed by atoms with Gasteiger partial charge in [-0.1, -0.05) is 18.2 Å². The molecular formula is C18H20N2O3. The van der Waals surface area contributed by atoms with Gasteiger partial charge in [0.25, 0.3) is 11.8 Å². The summed E-state index contributed by atoms with van der Waals surface area (Å²) in [7, 11) is 1.57. The van der Waals surface area contributed by atoms with Gasteiger partial charge in [-0.25, -0.2) is 0 Å². The van der Waals surface area contributed by atoms with Crippen LogP contribution in [0.3, 0.4) is 0 Å². The molecule has 0 saturated carbocycles. The van der Waals surface area contributed by atoms with Crippen molar-refractivity contribution in [2.45, 2.75) is 13.8 Å². The van der Waals surface area contributed by atoms with E-state index < -0.39 is 0 Å². The zero-order chi connectivity index (χ0) is 16.8. The molecule has 0 aromatic heterocycles. The Morgan fingerprint density at radius 3 is 2.17 bits per heavy atom. The minimum atomic E-state index is -0.250. The fraction of sp³-hybridized carbons (Fsp3) is 0.222. The zero-order valence-electron chi connectivity index (χ0n) is 13.5. The SMILES string of the molecule is CNC(=O)c1ccc(NC(=O)COc2c(C)cccc2C)cc1. The lowest BCUT2D eigenvalue weighted by Crippen LogP contribution is -2.21. The minimum Gasteiger partial charge on any atom is -0.483 e. The smallest absolute Gasteiger partial charge is 0.262 e. The summed E-state index contributed by atoms with van der Waals surface area (Å²) in [6.45, 7) is 3.82. The number of nitrogens with one attached hydrogen (secondary N) is 2. The van der Waals surface area contributed by atoms with Gasteiger partial charge < -0.3 is 15.4 Å². The number of hydrogen-bond acceptors (Lipinski definition) is 3. The van der Waals surface area contributed by atoms with E-state index >= 15 is 0 Å². The summed E-state index contributed by atoms with van der Waals surface area (Å²) in [5.74, 6) is 0.319. The van der Waals surface area contributed by atoms with E-state index in [4.69, 9.17) is 4.74 Å². The lowest BCUT2D eigenvalue weighted by atomic mass is 10.1. The van der Waals surface area contributed by atoms with Crippen LogP contribution in [0.1, 0.15) is 21.5 Å². The van der Waals surface area contributed by atoms with Gasteiger partial charge in [-0.05, 0) is 49.2 Å². The van der Waals surface area contributed by atoms with E-state index in [1.807, 2.05) is 32.0 Å². The lowest BCUT2D eigenvalue weighted by molar-refractivity contribution is -0.118. The first kappa shape index (κ1) is 16.5. The Hall–Kier alpha value is -2.82. The number of carbonyl (C=O) groups is 2. The molecule has 0 fully saturated rings. The summed E-state index contributed by atoms with van der Waals surface area (Å²) in [5, 5.41) is 5.28. The number of anilines is 1. The number of amides is 2. The third-order valence-corrected chi connectivity index (χ3v) is 3.41. The Bertz CT molecular complexity index is 688. The predicted octanol–water partition coefficient (Wildman–Crippen LogP) is 2.68. The second kappa shape index (κ2) is 7.45. The first-order valence-electron chi connectivity index (χ1n) is 7.32. The molecule has 0 aliphatic rings. The van der Waals surface area contributed by atoms with Gasteiger partial charge in [0.1, 0.15) is 5.75 Å². The molecule has 0 radical (unpaired) electrons. The number of para-hydroxylation sites is 1. The molecule has 23 heavy (non-hydrogen) atoms. The van der Waals surface area contributed by atoms with Crippen LogP contribution in [0.25, 0.3) is 0 Å². The summed E-state index contributed by atoms with van der Waals surface area (Å²) in [5.41, 5.74) is 3.14. The van der Waals surface area contributed by atoms with E-state index in [1.54, 1.807) is 31.3 Å². The maximum absolute atomic E-state index is 12.0. The van der Waals surface area contributed by atoms with Gasteiger partial charge in [-0.15, -0.1) is 0 Å². The van der Waals surface area contributed by atoms with Crippen LogP contribution in [-0.4, -0.2) is 25.5 Å². The van der Waals surface area contributed by atoms with E-state index in [9.17, 15) is 9.59 Å². The number of aryl methyl sites for hydroxylation is 2. The van der Waals surface area contributed by atoms with Crippen molar-refractivity contribution in [2.24, 2.45) is 0 Å². The Morgan fingerprint density at radius 1 is 1.00 bits per heavy atom. The van der Waals surface area contributed by atoms with Gasteiger partial charge in [0, 0.05) is 18.3 Å². The highest BCUT2D eigenvalue weighted by Gasteiger charge is 2.08. The van der Waals surface area contributed by atoms with Crippen LogP contribution in [0, 0.1) is 13.8 Å². The number of benzene rings is 2. The van der Waals surface area contributed by atoms with Crippen molar-refractivity contribution in [3.8, 4) is 5.75 Å². The molecule has 0 unspecified atom stereocenters. The van der Waals surface area contributed by atoms with Crippen LogP contribution < -0.4 is 15.4 Å². The van der Waals surface area contributed by atoms with Crippen molar-refractivity contribution in [1.82, 2.24) is 5.32 Å². The second-order valence-electron chi connectivity index (χ2n) is 5.21. The van der Waals surface area contributed by atoms with Crippen molar-refractivity contribution in [3.05, 3.63) is 59.2 Å². The van der Waals surface area contributed by atoms with E-state index in [0.717, 1.165) is 16.9 Å². The molecule has 2 rings (SSSR count). The van der Waals surface area contributed by atoms with Gasteiger partial charge in [0.05, 0.1) is 0 Å². The molecule has 0 aliphatic carbocycles. The molecule has 0 bridgehead atoms. The van der Waals surface area contributed by atoms with Gasteiger partial charge in [0.2, 0.25) is 0 Å². The van der Waals surface area contributed by atoms with E-state index in [2.05, 4.69) is 10.6 Å². The van der Waals surface area contributed by atoms with Crippen LogP contribution in [0.2, 0.25) is 0 Å². The topological polar surface area (TPSA) is 67.4 Å². The van der Waals surface area contributed by atoms with Crippen LogP contribution in [-0.2, 0) is 4.79 Å². The fourth-order valence-electron chi connectivity index (χ4n) is 2.21. The summed E-state index contributed by atoms with van der Waals surface area (Å²) in [6.07, 6.45) is 0. The van der Waals surface area contributed by atoms with Gasteiger partial charge in [-0.3, -0.25) is 9.59 Å². The Kier molecular flexibility index (Phi) is 5.36. The Morgan fingerprint density at radius 2 is 1.61 bits per heavy atom. The molecule has 2 aromatic rings. The molecule has 0 saturated heterocycles. The highest BCUT2D eigenvalue weighted by Crippen LogP contribution is 2.22. The molecule has 5 nitrogen and oxygen atoms in total. The highest BCUT2D eigenvalue weighted by atomic mass is 16.5. The maximum atomic E-state index is 12.0. The van der Waals surface area contributed by atoms with Crippen LogP contribution in [0.5, 0.6) is 5.75 Å².